The van der Waals surface area contributed by atoms with Gasteiger partial charge in [0.05, 0.1) is 11.2 Å². The van der Waals surface area contributed by atoms with Crippen molar-refractivity contribution in [2.24, 2.45) is 0 Å². The highest BCUT2D eigenvalue weighted by Crippen LogP contribution is 2.32. The first-order valence-corrected chi connectivity index (χ1v) is 9.40. The molecule has 0 aliphatic rings. The Morgan fingerprint density at radius 1 is 1.17 bits per heavy atom. The molecule has 0 saturated heterocycles. The van der Waals surface area contributed by atoms with Crippen molar-refractivity contribution in [2.75, 3.05) is 5.32 Å². The summed E-state index contributed by atoms with van der Waals surface area (Å²) >= 11 is 6.07. The van der Waals surface area contributed by atoms with Crippen LogP contribution in [0.2, 0.25) is 5.02 Å². The number of fused-ring (bicyclic) bond motifs is 1. The average Bonchev–Trinajstić information content (AvgIpc) is 3.03. The van der Waals surface area contributed by atoms with Crippen molar-refractivity contribution in [3.63, 3.8) is 0 Å². The fourth-order valence-electron chi connectivity index (χ4n) is 3.38. The number of pyridine rings is 1. The summed E-state index contributed by atoms with van der Waals surface area (Å²) in [6.07, 6.45) is 0. The Kier molecular flexibility index (Phi) is 4.94. The van der Waals surface area contributed by atoms with Crippen molar-refractivity contribution >= 4 is 34.2 Å². The van der Waals surface area contributed by atoms with E-state index in [-0.39, 0.29) is 5.69 Å². The van der Waals surface area contributed by atoms with Gasteiger partial charge in [-0.05, 0) is 55.3 Å². The van der Waals surface area contributed by atoms with Crippen molar-refractivity contribution in [1.29, 1.82) is 0 Å². The molecule has 0 saturated carbocycles. The number of hydrogen-bond donors (Lipinski definition) is 2. The first-order chi connectivity index (χ1) is 13.9. The molecule has 6 nitrogen and oxygen atoms in total. The maximum absolute atomic E-state index is 11.5. The van der Waals surface area contributed by atoms with Crippen molar-refractivity contribution in [1.82, 2.24) is 10.1 Å². The minimum atomic E-state index is -1.08. The lowest BCUT2D eigenvalue weighted by Crippen LogP contribution is -2.05. The number of aryl methyl sites for hydroxylation is 2. The Morgan fingerprint density at radius 3 is 2.69 bits per heavy atom. The second-order valence-corrected chi connectivity index (χ2v) is 7.21. The molecule has 146 valence electrons. The zero-order chi connectivity index (χ0) is 20.5. The van der Waals surface area contributed by atoms with Gasteiger partial charge in [-0.2, -0.15) is 0 Å². The molecule has 2 heterocycles. The second kappa shape index (κ2) is 7.56. The van der Waals surface area contributed by atoms with Crippen molar-refractivity contribution in [3.05, 3.63) is 76.3 Å². The molecular weight excluding hydrogens is 390 g/mol. The average molecular weight is 408 g/mol. The van der Waals surface area contributed by atoms with Crippen LogP contribution in [-0.2, 0) is 6.54 Å². The Morgan fingerprint density at radius 2 is 2.00 bits per heavy atom. The van der Waals surface area contributed by atoms with Gasteiger partial charge in [-0.3, -0.25) is 0 Å². The minimum absolute atomic E-state index is 0.0174. The van der Waals surface area contributed by atoms with E-state index in [1.165, 1.54) is 0 Å². The van der Waals surface area contributed by atoms with Gasteiger partial charge in [0.15, 0.2) is 5.69 Å². The van der Waals surface area contributed by atoms with Crippen LogP contribution in [0.4, 0.5) is 5.69 Å². The smallest absolute Gasteiger partial charge is 0.354 e. The third-order valence-corrected chi connectivity index (χ3v) is 4.96. The van der Waals surface area contributed by atoms with Gasteiger partial charge in [0.25, 0.3) is 0 Å². The number of carboxylic acids is 1. The van der Waals surface area contributed by atoms with Crippen molar-refractivity contribution < 1.29 is 14.4 Å². The van der Waals surface area contributed by atoms with Crippen LogP contribution in [0, 0.1) is 13.8 Å². The molecule has 7 heteroatoms. The van der Waals surface area contributed by atoms with E-state index in [9.17, 15) is 9.90 Å². The van der Waals surface area contributed by atoms with Crippen LogP contribution in [0.15, 0.2) is 53.1 Å². The SMILES string of the molecule is Cc1noc(C)c1-c1ccc2nc(C(=O)O)cc(NCc3cccc(Cl)c3)c2c1. The van der Waals surface area contributed by atoms with Crippen molar-refractivity contribution in [3.8, 4) is 11.1 Å². The minimum Gasteiger partial charge on any atom is -0.477 e. The molecule has 0 bridgehead atoms. The predicted molar refractivity (Wildman–Crippen MR) is 112 cm³/mol. The van der Waals surface area contributed by atoms with E-state index < -0.39 is 5.97 Å². The van der Waals surface area contributed by atoms with Crippen LogP contribution in [0.1, 0.15) is 27.5 Å². The molecule has 0 atom stereocenters. The number of carboxylic acid groups (broad SMARTS) is 1. The summed E-state index contributed by atoms with van der Waals surface area (Å²) in [7, 11) is 0. The lowest BCUT2D eigenvalue weighted by molar-refractivity contribution is 0.0691. The summed E-state index contributed by atoms with van der Waals surface area (Å²) in [6.45, 7) is 4.25. The highest BCUT2D eigenvalue weighted by Gasteiger charge is 2.15. The van der Waals surface area contributed by atoms with E-state index in [0.717, 1.165) is 33.5 Å². The zero-order valence-electron chi connectivity index (χ0n) is 15.9. The number of nitrogens with zero attached hydrogens (tertiary/aromatic N) is 2. The molecule has 29 heavy (non-hydrogen) atoms. The van der Waals surface area contributed by atoms with Gasteiger partial charge in [-0.15, -0.1) is 0 Å². The summed E-state index contributed by atoms with van der Waals surface area (Å²) in [5.74, 6) is -0.349. The third kappa shape index (κ3) is 3.79. The van der Waals surface area contributed by atoms with Crippen LogP contribution in [0.3, 0.4) is 0 Å². The van der Waals surface area contributed by atoms with Crippen LogP contribution in [0.5, 0.6) is 0 Å². The predicted octanol–water partition coefficient (Wildman–Crippen LogP) is 5.47. The number of anilines is 1. The van der Waals surface area contributed by atoms with Gasteiger partial charge in [0.2, 0.25) is 0 Å². The van der Waals surface area contributed by atoms with E-state index in [2.05, 4.69) is 15.5 Å². The van der Waals surface area contributed by atoms with Gasteiger partial charge in [-0.25, -0.2) is 9.78 Å². The molecule has 2 aromatic heterocycles. The van der Waals surface area contributed by atoms with Crippen LogP contribution >= 0.6 is 11.6 Å². The molecule has 0 aliphatic heterocycles. The van der Waals surface area contributed by atoms with E-state index in [1.54, 1.807) is 6.07 Å². The van der Waals surface area contributed by atoms with E-state index in [4.69, 9.17) is 16.1 Å². The Bertz CT molecular complexity index is 1210. The number of aromatic nitrogens is 2. The maximum atomic E-state index is 11.5. The first-order valence-electron chi connectivity index (χ1n) is 9.02. The van der Waals surface area contributed by atoms with Gasteiger partial charge in [-0.1, -0.05) is 35.0 Å². The monoisotopic (exact) mass is 407 g/mol. The molecule has 0 spiro atoms. The summed E-state index contributed by atoms with van der Waals surface area (Å²) in [4.78, 5) is 15.8. The number of halogens is 1. The molecule has 2 aromatic carbocycles. The molecule has 2 N–H and O–H groups in total. The number of benzene rings is 2. The van der Waals surface area contributed by atoms with E-state index in [1.807, 2.05) is 56.3 Å². The molecule has 0 unspecified atom stereocenters. The number of rotatable bonds is 5. The number of aromatic carboxylic acids is 1. The second-order valence-electron chi connectivity index (χ2n) is 6.77. The fourth-order valence-corrected chi connectivity index (χ4v) is 3.59. The Hall–Kier alpha value is -3.38. The number of carbonyl (C=O) groups is 1. The van der Waals surface area contributed by atoms with Crippen molar-refractivity contribution in [2.45, 2.75) is 20.4 Å². The van der Waals surface area contributed by atoms with Gasteiger partial charge in [0, 0.05) is 28.2 Å². The highest BCUT2D eigenvalue weighted by atomic mass is 35.5. The topological polar surface area (TPSA) is 88.2 Å². The Labute approximate surface area is 172 Å². The summed E-state index contributed by atoms with van der Waals surface area (Å²) in [6, 6.07) is 14.7. The molecule has 4 aromatic rings. The molecule has 4 rings (SSSR count). The summed E-state index contributed by atoms with van der Waals surface area (Å²) < 4.78 is 5.29. The third-order valence-electron chi connectivity index (χ3n) is 4.72. The van der Waals surface area contributed by atoms with Gasteiger partial charge in [0.1, 0.15) is 5.76 Å². The standard InChI is InChI=1S/C22H18ClN3O3/c1-12-21(13(2)29-26-12)15-6-7-18-17(9-15)19(10-20(25-18)22(27)28)24-11-14-4-3-5-16(23)8-14/h3-10H,11H2,1-2H3,(H,24,25)(H,27,28). The molecular formula is C22H18ClN3O3. The first kappa shape index (κ1) is 19.0. The molecule has 0 amide bonds. The normalized spacial score (nSPS) is 11.0. The zero-order valence-corrected chi connectivity index (χ0v) is 16.6. The highest BCUT2D eigenvalue weighted by molar-refractivity contribution is 6.30. The summed E-state index contributed by atoms with van der Waals surface area (Å²) in [5.41, 5.74) is 4.90. The number of hydrogen-bond acceptors (Lipinski definition) is 5. The van der Waals surface area contributed by atoms with Gasteiger partial charge >= 0.3 is 5.97 Å². The maximum Gasteiger partial charge on any atom is 0.354 e. The van der Waals surface area contributed by atoms with E-state index in [0.29, 0.717) is 22.8 Å². The van der Waals surface area contributed by atoms with Crippen LogP contribution < -0.4 is 5.32 Å². The quantitative estimate of drug-likeness (QED) is 0.456. The fraction of sp³-hybridized carbons (Fsp3) is 0.136. The molecule has 0 aliphatic carbocycles. The van der Waals surface area contributed by atoms with Gasteiger partial charge < -0.3 is 14.9 Å². The molecule has 0 radical (unpaired) electrons. The Balaban J connectivity index is 1.81. The molecule has 0 fully saturated rings. The van der Waals surface area contributed by atoms with E-state index >= 15 is 0 Å². The van der Waals surface area contributed by atoms with Crippen LogP contribution in [-0.4, -0.2) is 21.2 Å². The summed E-state index contributed by atoms with van der Waals surface area (Å²) in [5, 5.41) is 18.3. The number of nitrogens with one attached hydrogen (secondary N) is 1. The van der Waals surface area contributed by atoms with Crippen LogP contribution in [0.25, 0.3) is 22.0 Å². The lowest BCUT2D eigenvalue weighted by Gasteiger charge is -2.12. The largest absolute Gasteiger partial charge is 0.477 e. The lowest BCUT2D eigenvalue weighted by atomic mass is 10.0.